The van der Waals surface area contributed by atoms with Crippen molar-refractivity contribution in [2.45, 2.75) is 20.0 Å². The van der Waals surface area contributed by atoms with Gasteiger partial charge in [-0.3, -0.25) is 4.68 Å². The first-order valence-electron chi connectivity index (χ1n) is 5.75. The molecular formula is C13H16BrN3. The molecule has 0 unspecified atom stereocenters. The first-order chi connectivity index (χ1) is 8.29. The molecule has 4 heteroatoms. The molecule has 0 bridgehead atoms. The van der Waals surface area contributed by atoms with Crippen LogP contribution in [0.4, 0.5) is 0 Å². The van der Waals surface area contributed by atoms with E-state index in [2.05, 4.69) is 51.5 Å². The van der Waals surface area contributed by atoms with Gasteiger partial charge in [-0.05, 0) is 29.8 Å². The predicted molar refractivity (Wildman–Crippen MR) is 72.9 cm³/mol. The Labute approximate surface area is 110 Å². The third-order valence-corrected chi connectivity index (χ3v) is 3.33. The lowest BCUT2D eigenvalue weighted by Gasteiger charge is -2.08. The topological polar surface area (TPSA) is 29.9 Å². The highest BCUT2D eigenvalue weighted by Gasteiger charge is 2.02. The fraction of sp³-hybridized carbons (Fsp3) is 0.308. The second kappa shape index (κ2) is 5.98. The lowest BCUT2D eigenvalue weighted by Crippen LogP contribution is -2.11. The molecule has 1 aromatic carbocycles. The van der Waals surface area contributed by atoms with Crippen molar-refractivity contribution in [3.63, 3.8) is 0 Å². The minimum atomic E-state index is 0.801. The van der Waals surface area contributed by atoms with Crippen LogP contribution in [0.15, 0.2) is 41.1 Å². The molecule has 0 amide bonds. The maximum Gasteiger partial charge on any atom is 0.0670 e. The molecular weight excluding hydrogens is 278 g/mol. The highest BCUT2D eigenvalue weighted by atomic mass is 79.9. The van der Waals surface area contributed by atoms with Gasteiger partial charge >= 0.3 is 0 Å². The van der Waals surface area contributed by atoms with Crippen LogP contribution >= 0.6 is 15.9 Å². The van der Waals surface area contributed by atoms with Crippen LogP contribution in [0.25, 0.3) is 0 Å². The van der Waals surface area contributed by atoms with E-state index in [0.29, 0.717) is 0 Å². The van der Waals surface area contributed by atoms with Gasteiger partial charge in [0.1, 0.15) is 0 Å². The third-order valence-electron chi connectivity index (χ3n) is 2.59. The van der Waals surface area contributed by atoms with Gasteiger partial charge in [0.2, 0.25) is 0 Å². The van der Waals surface area contributed by atoms with Gasteiger partial charge in [-0.2, -0.15) is 5.10 Å². The monoisotopic (exact) mass is 293 g/mol. The normalized spacial score (nSPS) is 10.7. The van der Waals surface area contributed by atoms with Gasteiger partial charge in [0.25, 0.3) is 0 Å². The smallest absolute Gasteiger partial charge is 0.0670 e. The highest BCUT2D eigenvalue weighted by Crippen LogP contribution is 2.19. The lowest BCUT2D eigenvalue weighted by molar-refractivity contribution is 0.683. The number of rotatable bonds is 5. The summed E-state index contributed by atoms with van der Waals surface area (Å²) in [5.74, 6) is 0. The fourth-order valence-corrected chi connectivity index (χ4v) is 2.22. The van der Waals surface area contributed by atoms with Crippen molar-refractivity contribution < 1.29 is 0 Å². The Hall–Kier alpha value is -1.13. The van der Waals surface area contributed by atoms with Gasteiger partial charge in [-0.1, -0.05) is 35.0 Å². The van der Waals surface area contributed by atoms with Crippen LogP contribution in [0.2, 0.25) is 0 Å². The molecule has 0 fully saturated rings. The Kier molecular flexibility index (Phi) is 4.34. The minimum Gasteiger partial charge on any atom is -0.313 e. The second-order valence-corrected chi connectivity index (χ2v) is 4.76. The van der Waals surface area contributed by atoms with Crippen LogP contribution in [-0.2, 0) is 13.1 Å². The standard InChI is InChI=1S/C13H16BrN3/c1-2-15-9-11-4-5-12(13(14)8-11)10-17-7-3-6-16-17/h3-8,15H,2,9-10H2,1H3. The Morgan fingerprint density at radius 1 is 1.41 bits per heavy atom. The Morgan fingerprint density at radius 2 is 2.29 bits per heavy atom. The van der Waals surface area contributed by atoms with Crippen molar-refractivity contribution in [3.8, 4) is 0 Å². The average molecular weight is 294 g/mol. The average Bonchev–Trinajstić information content (AvgIpc) is 2.82. The van der Waals surface area contributed by atoms with Gasteiger partial charge in [0.05, 0.1) is 6.54 Å². The summed E-state index contributed by atoms with van der Waals surface area (Å²) in [7, 11) is 0. The number of nitrogens with zero attached hydrogens (tertiary/aromatic N) is 2. The Morgan fingerprint density at radius 3 is 2.94 bits per heavy atom. The molecule has 0 saturated carbocycles. The van der Waals surface area contributed by atoms with Crippen LogP contribution < -0.4 is 5.32 Å². The summed E-state index contributed by atoms with van der Waals surface area (Å²) in [6.07, 6.45) is 3.77. The SMILES string of the molecule is CCNCc1ccc(Cn2cccn2)c(Br)c1. The molecule has 0 radical (unpaired) electrons. The zero-order valence-corrected chi connectivity index (χ0v) is 11.4. The van der Waals surface area contributed by atoms with E-state index in [9.17, 15) is 0 Å². The molecule has 1 N–H and O–H groups in total. The molecule has 0 spiro atoms. The molecule has 2 rings (SSSR count). The van der Waals surface area contributed by atoms with Crippen molar-refractivity contribution >= 4 is 15.9 Å². The molecule has 0 aliphatic heterocycles. The number of hydrogen-bond donors (Lipinski definition) is 1. The molecule has 0 aliphatic carbocycles. The lowest BCUT2D eigenvalue weighted by atomic mass is 10.1. The maximum absolute atomic E-state index is 4.21. The van der Waals surface area contributed by atoms with Gasteiger partial charge < -0.3 is 5.32 Å². The minimum absolute atomic E-state index is 0.801. The van der Waals surface area contributed by atoms with E-state index in [1.54, 1.807) is 6.20 Å². The summed E-state index contributed by atoms with van der Waals surface area (Å²) in [5.41, 5.74) is 2.54. The van der Waals surface area contributed by atoms with E-state index >= 15 is 0 Å². The number of nitrogens with one attached hydrogen (secondary N) is 1. The highest BCUT2D eigenvalue weighted by molar-refractivity contribution is 9.10. The molecule has 17 heavy (non-hydrogen) atoms. The largest absolute Gasteiger partial charge is 0.313 e. The molecule has 1 heterocycles. The van der Waals surface area contributed by atoms with E-state index < -0.39 is 0 Å². The number of hydrogen-bond acceptors (Lipinski definition) is 2. The zero-order valence-electron chi connectivity index (χ0n) is 9.86. The van der Waals surface area contributed by atoms with Gasteiger partial charge in [-0.25, -0.2) is 0 Å². The molecule has 1 aromatic heterocycles. The summed E-state index contributed by atoms with van der Waals surface area (Å²) in [4.78, 5) is 0. The predicted octanol–water partition coefficient (Wildman–Crippen LogP) is 2.80. The van der Waals surface area contributed by atoms with Crippen LogP contribution in [-0.4, -0.2) is 16.3 Å². The summed E-state index contributed by atoms with van der Waals surface area (Å²) in [6.45, 7) is 4.82. The van der Waals surface area contributed by atoms with Crippen molar-refractivity contribution in [3.05, 3.63) is 52.3 Å². The van der Waals surface area contributed by atoms with E-state index in [4.69, 9.17) is 0 Å². The maximum atomic E-state index is 4.21. The zero-order chi connectivity index (χ0) is 12.1. The van der Waals surface area contributed by atoms with E-state index in [1.165, 1.54) is 11.1 Å². The van der Waals surface area contributed by atoms with E-state index in [-0.39, 0.29) is 0 Å². The molecule has 0 aliphatic rings. The molecule has 3 nitrogen and oxygen atoms in total. The molecule has 90 valence electrons. The summed E-state index contributed by atoms with van der Waals surface area (Å²) in [5, 5.41) is 7.53. The summed E-state index contributed by atoms with van der Waals surface area (Å²) >= 11 is 3.62. The van der Waals surface area contributed by atoms with Crippen molar-refractivity contribution in [1.82, 2.24) is 15.1 Å². The number of benzene rings is 1. The van der Waals surface area contributed by atoms with Crippen molar-refractivity contribution in [2.75, 3.05) is 6.54 Å². The Balaban J connectivity index is 2.09. The van der Waals surface area contributed by atoms with Crippen molar-refractivity contribution in [2.24, 2.45) is 0 Å². The molecule has 0 atom stereocenters. The first-order valence-corrected chi connectivity index (χ1v) is 6.54. The van der Waals surface area contributed by atoms with Crippen LogP contribution in [0.3, 0.4) is 0 Å². The molecule has 0 saturated heterocycles. The first kappa shape index (κ1) is 12.3. The van der Waals surface area contributed by atoms with Crippen LogP contribution in [0, 0.1) is 0 Å². The van der Waals surface area contributed by atoms with Gasteiger partial charge in [0.15, 0.2) is 0 Å². The van der Waals surface area contributed by atoms with Crippen LogP contribution in [0.5, 0.6) is 0 Å². The summed E-state index contributed by atoms with van der Waals surface area (Å²) < 4.78 is 3.06. The van der Waals surface area contributed by atoms with E-state index in [0.717, 1.165) is 24.1 Å². The quantitative estimate of drug-likeness (QED) is 0.919. The third kappa shape index (κ3) is 3.41. The van der Waals surface area contributed by atoms with Crippen molar-refractivity contribution in [1.29, 1.82) is 0 Å². The fourth-order valence-electron chi connectivity index (χ4n) is 1.67. The van der Waals surface area contributed by atoms with E-state index in [1.807, 2.05) is 16.9 Å². The number of aromatic nitrogens is 2. The summed E-state index contributed by atoms with van der Waals surface area (Å²) in [6, 6.07) is 8.42. The van der Waals surface area contributed by atoms with Crippen LogP contribution in [0.1, 0.15) is 18.1 Å². The molecule has 2 aromatic rings. The van der Waals surface area contributed by atoms with Gasteiger partial charge in [0, 0.05) is 23.4 Å². The Bertz CT molecular complexity index is 466. The second-order valence-electron chi connectivity index (χ2n) is 3.91. The van der Waals surface area contributed by atoms with Gasteiger partial charge in [-0.15, -0.1) is 0 Å². The number of halogens is 1.